The number of thiazole rings is 1. The molecule has 0 saturated carbocycles. The molecule has 30 heavy (non-hydrogen) atoms. The summed E-state index contributed by atoms with van der Waals surface area (Å²) in [5.41, 5.74) is 1.59. The van der Waals surface area contributed by atoms with Gasteiger partial charge in [-0.1, -0.05) is 23.5 Å². The van der Waals surface area contributed by atoms with Crippen molar-refractivity contribution in [2.75, 3.05) is 12.0 Å². The van der Waals surface area contributed by atoms with Gasteiger partial charge in [-0.2, -0.15) is 0 Å². The Morgan fingerprint density at radius 2 is 2.07 bits per heavy atom. The number of pyridine rings is 1. The first-order chi connectivity index (χ1) is 14.5. The van der Waals surface area contributed by atoms with E-state index >= 15 is 0 Å². The number of rotatable bonds is 6. The molecule has 0 aliphatic rings. The van der Waals surface area contributed by atoms with Gasteiger partial charge in [-0.25, -0.2) is 4.98 Å². The van der Waals surface area contributed by atoms with Gasteiger partial charge in [0.25, 0.3) is 11.6 Å². The number of non-ortho nitro benzene ring substituents is 1. The molecule has 0 aliphatic carbocycles. The summed E-state index contributed by atoms with van der Waals surface area (Å²) >= 11 is 1.36. The third-order valence-electron chi connectivity index (χ3n) is 4.43. The fraction of sp³-hybridized carbons (Fsp3) is 0.0952. The highest BCUT2D eigenvalue weighted by Crippen LogP contribution is 2.33. The quantitative estimate of drug-likeness (QED) is 0.337. The van der Waals surface area contributed by atoms with E-state index in [-0.39, 0.29) is 23.7 Å². The molecule has 8 nitrogen and oxygen atoms in total. The summed E-state index contributed by atoms with van der Waals surface area (Å²) < 4.78 is 6.15. The Morgan fingerprint density at radius 1 is 1.20 bits per heavy atom. The number of nitro benzene ring substituents is 1. The van der Waals surface area contributed by atoms with E-state index in [0.29, 0.717) is 16.4 Å². The highest BCUT2D eigenvalue weighted by atomic mass is 32.1. The average molecular weight is 420 g/mol. The Bertz CT molecular complexity index is 1230. The number of methoxy groups -OCH3 is 1. The molecule has 150 valence electrons. The first kappa shape index (κ1) is 19.5. The second-order valence-electron chi connectivity index (χ2n) is 6.39. The van der Waals surface area contributed by atoms with Crippen LogP contribution in [0, 0.1) is 10.1 Å². The number of aromatic nitrogens is 2. The minimum absolute atomic E-state index is 0.142. The molecule has 4 aromatic rings. The van der Waals surface area contributed by atoms with Gasteiger partial charge in [0.1, 0.15) is 5.75 Å². The number of hydrogen-bond donors (Lipinski definition) is 0. The van der Waals surface area contributed by atoms with Crippen molar-refractivity contribution in [3.8, 4) is 5.75 Å². The number of carbonyl (C=O) groups excluding carboxylic acids is 1. The number of amides is 1. The number of hydrogen-bond acceptors (Lipinski definition) is 7. The van der Waals surface area contributed by atoms with E-state index in [1.807, 2.05) is 18.2 Å². The summed E-state index contributed by atoms with van der Waals surface area (Å²) in [5, 5.41) is 11.6. The largest absolute Gasteiger partial charge is 0.497 e. The third-order valence-corrected chi connectivity index (χ3v) is 5.49. The van der Waals surface area contributed by atoms with Crippen molar-refractivity contribution < 1.29 is 14.5 Å². The van der Waals surface area contributed by atoms with E-state index in [9.17, 15) is 14.9 Å². The molecule has 1 amide bonds. The maximum absolute atomic E-state index is 13.3. The maximum atomic E-state index is 13.3. The summed E-state index contributed by atoms with van der Waals surface area (Å²) in [6, 6.07) is 14.8. The van der Waals surface area contributed by atoms with Crippen LogP contribution in [-0.2, 0) is 6.54 Å². The molecule has 0 bridgehead atoms. The molecule has 0 saturated heterocycles. The van der Waals surface area contributed by atoms with E-state index in [2.05, 4.69) is 9.97 Å². The van der Waals surface area contributed by atoms with Crippen molar-refractivity contribution in [2.24, 2.45) is 0 Å². The van der Waals surface area contributed by atoms with E-state index in [1.54, 1.807) is 37.7 Å². The van der Waals surface area contributed by atoms with Crippen LogP contribution in [0.3, 0.4) is 0 Å². The smallest absolute Gasteiger partial charge is 0.270 e. The molecule has 2 aromatic heterocycles. The lowest BCUT2D eigenvalue weighted by Crippen LogP contribution is -2.30. The molecule has 0 atom stereocenters. The Kier molecular flexibility index (Phi) is 5.36. The number of anilines is 1. The summed E-state index contributed by atoms with van der Waals surface area (Å²) in [7, 11) is 1.58. The lowest BCUT2D eigenvalue weighted by atomic mass is 10.1. The minimum Gasteiger partial charge on any atom is -0.497 e. The number of benzene rings is 2. The average Bonchev–Trinajstić information content (AvgIpc) is 3.20. The van der Waals surface area contributed by atoms with E-state index in [1.165, 1.54) is 34.4 Å². The van der Waals surface area contributed by atoms with E-state index in [0.717, 1.165) is 10.3 Å². The Hall–Kier alpha value is -3.85. The second-order valence-corrected chi connectivity index (χ2v) is 7.40. The van der Waals surface area contributed by atoms with Crippen LogP contribution in [-0.4, -0.2) is 27.9 Å². The molecule has 0 unspecified atom stereocenters. The second kappa shape index (κ2) is 8.26. The highest BCUT2D eigenvalue weighted by molar-refractivity contribution is 7.22. The van der Waals surface area contributed by atoms with Crippen LogP contribution in [0.25, 0.3) is 10.2 Å². The molecule has 0 radical (unpaired) electrons. The van der Waals surface area contributed by atoms with Crippen LogP contribution >= 0.6 is 11.3 Å². The zero-order valence-corrected chi connectivity index (χ0v) is 16.7. The van der Waals surface area contributed by atoms with Crippen LogP contribution < -0.4 is 9.64 Å². The molecular weight excluding hydrogens is 404 g/mol. The maximum Gasteiger partial charge on any atom is 0.270 e. The van der Waals surface area contributed by atoms with Crippen LogP contribution in [0.5, 0.6) is 5.75 Å². The van der Waals surface area contributed by atoms with Crippen molar-refractivity contribution in [1.29, 1.82) is 0 Å². The highest BCUT2D eigenvalue weighted by Gasteiger charge is 2.23. The molecule has 0 fully saturated rings. The molecular formula is C21H16N4O4S. The molecule has 9 heteroatoms. The number of fused-ring (bicyclic) bond motifs is 1. The van der Waals surface area contributed by atoms with Gasteiger partial charge in [-0.05, 0) is 29.8 Å². The van der Waals surface area contributed by atoms with Gasteiger partial charge in [-0.3, -0.25) is 24.8 Å². The predicted molar refractivity (Wildman–Crippen MR) is 114 cm³/mol. The molecule has 0 N–H and O–H groups in total. The van der Waals surface area contributed by atoms with E-state index in [4.69, 9.17) is 4.74 Å². The number of carbonyl (C=O) groups is 1. The fourth-order valence-corrected chi connectivity index (χ4v) is 3.89. The fourth-order valence-electron chi connectivity index (χ4n) is 2.95. The van der Waals surface area contributed by atoms with Gasteiger partial charge in [0.15, 0.2) is 5.13 Å². The molecule has 2 aromatic carbocycles. The van der Waals surface area contributed by atoms with Crippen LogP contribution in [0.15, 0.2) is 67.0 Å². The minimum atomic E-state index is -0.522. The van der Waals surface area contributed by atoms with Crippen LogP contribution in [0.4, 0.5) is 10.8 Å². The van der Waals surface area contributed by atoms with Crippen molar-refractivity contribution >= 4 is 38.3 Å². The third kappa shape index (κ3) is 3.96. The normalized spacial score (nSPS) is 10.7. The van der Waals surface area contributed by atoms with Gasteiger partial charge in [-0.15, -0.1) is 0 Å². The first-order valence-corrected chi connectivity index (χ1v) is 9.76. The topological polar surface area (TPSA) is 98.5 Å². The van der Waals surface area contributed by atoms with Gasteiger partial charge >= 0.3 is 0 Å². The predicted octanol–water partition coefficient (Wildman–Crippen LogP) is 4.46. The van der Waals surface area contributed by atoms with Gasteiger partial charge in [0.05, 0.1) is 28.8 Å². The standard InChI is InChI=1S/C21H16N4O4S/c1-29-17-7-8-19-18(11-17)23-21(30-19)24(13-14-4-3-9-22-12-14)20(26)15-5-2-6-16(10-15)25(27)28/h2-12H,13H2,1H3. The zero-order valence-electron chi connectivity index (χ0n) is 15.9. The zero-order chi connectivity index (χ0) is 21.1. The lowest BCUT2D eigenvalue weighted by molar-refractivity contribution is -0.384. The van der Waals surface area contributed by atoms with Gasteiger partial charge in [0.2, 0.25) is 0 Å². The Morgan fingerprint density at radius 3 is 2.80 bits per heavy atom. The Labute approximate surface area is 175 Å². The molecule has 2 heterocycles. The number of nitrogens with zero attached hydrogens (tertiary/aromatic N) is 4. The monoisotopic (exact) mass is 420 g/mol. The summed E-state index contributed by atoms with van der Waals surface area (Å²) in [5.74, 6) is 0.289. The Balaban J connectivity index is 1.77. The van der Waals surface area contributed by atoms with Gasteiger partial charge < -0.3 is 4.74 Å². The van der Waals surface area contributed by atoms with Crippen molar-refractivity contribution in [3.63, 3.8) is 0 Å². The number of ether oxygens (including phenoxy) is 1. The summed E-state index contributed by atoms with van der Waals surface area (Å²) in [6.45, 7) is 0.228. The van der Waals surface area contributed by atoms with Crippen LogP contribution in [0.1, 0.15) is 15.9 Å². The van der Waals surface area contributed by atoms with Crippen molar-refractivity contribution in [1.82, 2.24) is 9.97 Å². The molecule has 0 spiro atoms. The number of nitro groups is 1. The van der Waals surface area contributed by atoms with Crippen LogP contribution in [0.2, 0.25) is 0 Å². The lowest BCUT2D eigenvalue weighted by Gasteiger charge is -2.20. The van der Waals surface area contributed by atoms with E-state index < -0.39 is 4.92 Å². The summed E-state index contributed by atoms with van der Waals surface area (Å²) in [6.07, 6.45) is 3.32. The summed E-state index contributed by atoms with van der Waals surface area (Å²) in [4.78, 5) is 34.2. The van der Waals surface area contributed by atoms with Crippen molar-refractivity contribution in [3.05, 3.63) is 88.2 Å². The van der Waals surface area contributed by atoms with Crippen molar-refractivity contribution in [2.45, 2.75) is 6.54 Å². The molecule has 4 rings (SSSR count). The first-order valence-electron chi connectivity index (χ1n) is 8.95. The van der Waals surface area contributed by atoms with Gasteiger partial charge in [0, 0.05) is 36.2 Å². The SMILES string of the molecule is COc1ccc2sc(N(Cc3cccnc3)C(=O)c3cccc([N+](=O)[O-])c3)nc2c1. The molecule has 0 aliphatic heterocycles.